The monoisotopic (exact) mass is 335 g/mol. The van der Waals surface area contributed by atoms with Crippen LogP contribution in [0, 0.1) is 6.92 Å². The second-order valence-corrected chi connectivity index (χ2v) is 8.46. The van der Waals surface area contributed by atoms with E-state index < -0.39 is 13.1 Å². The number of amides is 1. The number of aryl methyl sites for hydroxylation is 1. The van der Waals surface area contributed by atoms with E-state index in [0.717, 1.165) is 21.5 Å². The Morgan fingerprint density at radius 2 is 1.25 bits per heavy atom. The maximum atomic E-state index is 11.7. The van der Waals surface area contributed by atoms with Gasteiger partial charge in [-0.3, -0.25) is 0 Å². The van der Waals surface area contributed by atoms with Crippen molar-refractivity contribution in [2.75, 3.05) is 0 Å². The molecule has 120 valence electrons. The van der Waals surface area contributed by atoms with Crippen LogP contribution in [0.15, 0.2) is 89.7 Å². The number of rotatable bonds is 3. The van der Waals surface area contributed by atoms with Gasteiger partial charge >= 0.3 is 6.09 Å². The molecule has 24 heavy (non-hydrogen) atoms. The molecular weight excluding hydrogens is 317 g/mol. The second-order valence-electron chi connectivity index (χ2n) is 5.48. The van der Waals surface area contributed by atoms with E-state index in [9.17, 15) is 9.90 Å². The largest absolute Gasteiger partial charge is 0.463 e. The molecule has 1 amide bonds. The van der Waals surface area contributed by atoms with Crippen molar-refractivity contribution in [1.29, 1.82) is 0 Å². The van der Waals surface area contributed by atoms with Crippen LogP contribution in [-0.4, -0.2) is 11.2 Å². The van der Waals surface area contributed by atoms with Gasteiger partial charge in [0.05, 0.1) is 7.05 Å². The molecule has 3 aromatic rings. The van der Waals surface area contributed by atoms with Crippen LogP contribution < -0.4 is 15.9 Å². The molecule has 0 bridgehead atoms. The molecule has 0 fully saturated rings. The van der Waals surface area contributed by atoms with Crippen LogP contribution in [0.4, 0.5) is 4.79 Å². The molecule has 0 aliphatic carbocycles. The van der Waals surface area contributed by atoms with Gasteiger partial charge in [0.2, 0.25) is 0 Å². The SMILES string of the molecule is Cc1ccccc1P(=NC(=O)O)(c1ccccc1)c1ccccc1. The zero-order chi connectivity index (χ0) is 17.0. The van der Waals surface area contributed by atoms with Gasteiger partial charge in [-0.1, -0.05) is 84.9 Å². The Kier molecular flexibility index (Phi) is 4.64. The summed E-state index contributed by atoms with van der Waals surface area (Å²) in [5, 5.41) is 12.4. The minimum absolute atomic E-state index is 0.938. The number of benzene rings is 3. The Hall–Kier alpha value is -2.64. The molecule has 4 heteroatoms. The lowest BCUT2D eigenvalue weighted by molar-refractivity contribution is 0.206. The van der Waals surface area contributed by atoms with Gasteiger partial charge in [0, 0.05) is 15.9 Å². The summed E-state index contributed by atoms with van der Waals surface area (Å²) in [5.41, 5.74) is 1.04. The van der Waals surface area contributed by atoms with E-state index in [1.807, 2.05) is 91.9 Å². The number of hydrogen-bond donors (Lipinski definition) is 1. The first-order chi connectivity index (χ1) is 11.6. The average molecular weight is 335 g/mol. The van der Waals surface area contributed by atoms with Crippen molar-refractivity contribution in [2.24, 2.45) is 4.74 Å². The van der Waals surface area contributed by atoms with Crippen LogP contribution in [0.1, 0.15) is 5.56 Å². The van der Waals surface area contributed by atoms with Crippen LogP contribution in [0.5, 0.6) is 0 Å². The molecule has 0 unspecified atom stereocenters. The van der Waals surface area contributed by atoms with Crippen molar-refractivity contribution in [3.63, 3.8) is 0 Å². The first kappa shape index (κ1) is 16.2. The van der Waals surface area contributed by atoms with Gasteiger partial charge in [-0.2, -0.15) is 4.74 Å². The summed E-state index contributed by atoms with van der Waals surface area (Å²) < 4.78 is 4.31. The fourth-order valence-corrected chi connectivity index (χ4v) is 6.48. The molecule has 0 spiro atoms. The lowest BCUT2D eigenvalue weighted by atomic mass is 10.2. The van der Waals surface area contributed by atoms with Gasteiger partial charge in [0.1, 0.15) is 0 Å². The fourth-order valence-electron chi connectivity index (χ4n) is 2.94. The average Bonchev–Trinajstić information content (AvgIpc) is 2.62. The van der Waals surface area contributed by atoms with Crippen LogP contribution in [0.3, 0.4) is 0 Å². The topological polar surface area (TPSA) is 49.7 Å². The first-order valence-electron chi connectivity index (χ1n) is 7.67. The van der Waals surface area contributed by atoms with Gasteiger partial charge in [0.25, 0.3) is 0 Å². The molecule has 0 aliphatic heterocycles. The Bertz CT molecular complexity index is 862. The molecule has 3 aromatic carbocycles. The van der Waals surface area contributed by atoms with E-state index >= 15 is 0 Å². The summed E-state index contributed by atoms with van der Waals surface area (Å²) in [5.74, 6) is 0. The molecule has 1 N–H and O–H groups in total. The Labute approximate surface area is 141 Å². The Morgan fingerprint density at radius 3 is 1.71 bits per heavy atom. The standard InChI is InChI=1S/C20H18NO2P/c1-16-10-8-9-15-19(16)24(21-20(22)23,17-11-4-2-5-12-17)18-13-6-3-7-14-18/h2-15H,1H3,(H,22,23). The molecule has 3 rings (SSSR count). The third-order valence-corrected chi connectivity index (χ3v) is 7.72. The van der Waals surface area contributed by atoms with Crippen molar-refractivity contribution < 1.29 is 9.90 Å². The van der Waals surface area contributed by atoms with Gasteiger partial charge in [-0.25, -0.2) is 4.79 Å². The molecule has 0 saturated carbocycles. The zero-order valence-corrected chi connectivity index (χ0v) is 14.2. The van der Waals surface area contributed by atoms with E-state index in [1.54, 1.807) is 0 Å². The minimum atomic E-state index is -2.62. The highest BCUT2D eigenvalue weighted by atomic mass is 31.2. The summed E-state index contributed by atoms with van der Waals surface area (Å²) in [6, 6.07) is 27.4. The van der Waals surface area contributed by atoms with Crippen molar-refractivity contribution in [3.05, 3.63) is 90.5 Å². The van der Waals surface area contributed by atoms with E-state index in [4.69, 9.17) is 0 Å². The maximum absolute atomic E-state index is 11.7. The minimum Gasteiger partial charge on any atom is -0.463 e. The van der Waals surface area contributed by atoms with Crippen LogP contribution >= 0.6 is 7.05 Å². The van der Waals surface area contributed by atoms with Crippen molar-refractivity contribution in [1.82, 2.24) is 0 Å². The van der Waals surface area contributed by atoms with E-state index in [0.29, 0.717) is 0 Å². The number of carbonyl (C=O) groups is 1. The molecule has 0 heterocycles. The fraction of sp³-hybridized carbons (Fsp3) is 0.0500. The quantitative estimate of drug-likeness (QED) is 0.731. The summed E-state index contributed by atoms with van der Waals surface area (Å²) in [6.45, 7) is 2.01. The molecule has 0 aromatic heterocycles. The predicted molar refractivity (Wildman–Crippen MR) is 100 cm³/mol. The lowest BCUT2D eigenvalue weighted by Gasteiger charge is -2.27. The zero-order valence-electron chi connectivity index (χ0n) is 13.3. The van der Waals surface area contributed by atoms with E-state index in [1.165, 1.54) is 0 Å². The highest BCUT2D eigenvalue weighted by Crippen LogP contribution is 2.47. The Morgan fingerprint density at radius 1 is 0.792 bits per heavy atom. The van der Waals surface area contributed by atoms with Gasteiger partial charge in [-0.15, -0.1) is 0 Å². The first-order valence-corrected chi connectivity index (χ1v) is 9.41. The molecule has 0 radical (unpaired) electrons. The van der Waals surface area contributed by atoms with E-state index in [-0.39, 0.29) is 0 Å². The molecule has 0 aliphatic rings. The van der Waals surface area contributed by atoms with Crippen LogP contribution in [0.2, 0.25) is 0 Å². The summed E-state index contributed by atoms with van der Waals surface area (Å²) in [6.07, 6.45) is -1.14. The smallest absolute Gasteiger partial charge is 0.430 e. The van der Waals surface area contributed by atoms with Crippen LogP contribution in [-0.2, 0) is 0 Å². The number of carboxylic acid groups (broad SMARTS) is 1. The highest BCUT2D eigenvalue weighted by molar-refractivity contribution is 7.87. The lowest BCUT2D eigenvalue weighted by Crippen LogP contribution is -2.27. The van der Waals surface area contributed by atoms with Gasteiger partial charge in [-0.05, 0) is 12.5 Å². The van der Waals surface area contributed by atoms with Crippen molar-refractivity contribution in [3.8, 4) is 0 Å². The second kappa shape index (κ2) is 6.86. The van der Waals surface area contributed by atoms with Crippen molar-refractivity contribution in [2.45, 2.75) is 6.92 Å². The molecule has 0 saturated heterocycles. The van der Waals surface area contributed by atoms with Crippen molar-refractivity contribution >= 4 is 29.1 Å². The third kappa shape index (κ3) is 2.91. The molecule has 0 atom stereocenters. The van der Waals surface area contributed by atoms with Gasteiger partial charge < -0.3 is 5.11 Å². The summed E-state index contributed by atoms with van der Waals surface area (Å²) in [7, 11) is -2.62. The Balaban J connectivity index is 2.48. The summed E-state index contributed by atoms with van der Waals surface area (Å²) >= 11 is 0. The van der Waals surface area contributed by atoms with Crippen LogP contribution in [0.25, 0.3) is 0 Å². The maximum Gasteiger partial charge on any atom is 0.430 e. The third-order valence-electron chi connectivity index (χ3n) is 3.96. The summed E-state index contributed by atoms with van der Waals surface area (Å²) in [4.78, 5) is 11.7. The predicted octanol–water partition coefficient (Wildman–Crippen LogP) is 4.15. The number of hydrogen-bond acceptors (Lipinski definition) is 1. The molecule has 3 nitrogen and oxygen atoms in total. The highest BCUT2D eigenvalue weighted by Gasteiger charge is 2.29. The molecular formula is C20H18NO2P. The normalized spacial score (nSPS) is 11.0. The van der Waals surface area contributed by atoms with E-state index in [2.05, 4.69) is 4.74 Å². The number of nitrogens with zero attached hydrogens (tertiary/aromatic N) is 1. The van der Waals surface area contributed by atoms with Gasteiger partial charge in [0.15, 0.2) is 0 Å².